The first-order valence-corrected chi connectivity index (χ1v) is 6.60. The molecule has 1 aliphatic heterocycles. The molecule has 1 atom stereocenters. The minimum Gasteiger partial charge on any atom is -0.476 e. The van der Waals surface area contributed by atoms with Crippen molar-refractivity contribution >= 4 is 5.97 Å². The minimum absolute atomic E-state index is 0.00810. The molecular weight excluding hydrogens is 232 g/mol. The van der Waals surface area contributed by atoms with E-state index in [9.17, 15) is 4.79 Å². The zero-order valence-electron chi connectivity index (χ0n) is 10.8. The third-order valence-electron chi connectivity index (χ3n) is 3.68. The van der Waals surface area contributed by atoms with Gasteiger partial charge in [0.15, 0.2) is 11.5 Å². The van der Waals surface area contributed by atoms with Gasteiger partial charge in [-0.1, -0.05) is 18.5 Å². The van der Waals surface area contributed by atoms with Crippen LogP contribution in [0.25, 0.3) is 0 Å². The average molecular weight is 252 g/mol. The van der Waals surface area contributed by atoms with Crippen molar-refractivity contribution in [3.05, 3.63) is 17.5 Å². The summed E-state index contributed by atoms with van der Waals surface area (Å²) < 4.78 is 5.05. The number of aromatic nitrogens is 1. The van der Waals surface area contributed by atoms with Gasteiger partial charge in [0.25, 0.3) is 0 Å². The maximum atomic E-state index is 10.7. The van der Waals surface area contributed by atoms with Gasteiger partial charge in [-0.25, -0.2) is 4.79 Å². The van der Waals surface area contributed by atoms with E-state index in [0.717, 1.165) is 19.0 Å². The maximum Gasteiger partial charge on any atom is 0.358 e. The molecule has 2 rings (SSSR count). The van der Waals surface area contributed by atoms with E-state index in [4.69, 9.17) is 9.63 Å². The molecule has 1 aromatic rings. The molecule has 1 N–H and O–H groups in total. The number of carbonyl (C=O) groups is 1. The van der Waals surface area contributed by atoms with Gasteiger partial charge in [-0.05, 0) is 38.3 Å². The van der Waals surface area contributed by atoms with Crippen molar-refractivity contribution in [3.63, 3.8) is 0 Å². The first kappa shape index (κ1) is 13.1. The molecule has 5 nitrogen and oxygen atoms in total. The van der Waals surface area contributed by atoms with E-state index in [1.54, 1.807) is 0 Å². The van der Waals surface area contributed by atoms with Crippen molar-refractivity contribution < 1.29 is 14.4 Å². The Labute approximate surface area is 107 Å². The van der Waals surface area contributed by atoms with Gasteiger partial charge < -0.3 is 9.63 Å². The third-order valence-corrected chi connectivity index (χ3v) is 3.68. The summed E-state index contributed by atoms with van der Waals surface area (Å²) in [6.45, 7) is 5.02. The Kier molecular flexibility index (Phi) is 4.36. The van der Waals surface area contributed by atoms with Crippen LogP contribution in [0.1, 0.15) is 48.9 Å². The summed E-state index contributed by atoms with van der Waals surface area (Å²) in [4.78, 5) is 13.0. The lowest BCUT2D eigenvalue weighted by atomic mass is 9.98. The fourth-order valence-electron chi connectivity index (χ4n) is 2.50. The van der Waals surface area contributed by atoms with E-state index in [1.165, 1.54) is 31.7 Å². The first-order chi connectivity index (χ1) is 8.69. The SMILES string of the molecule is CCC1CCCN(Cc2cc(C(=O)O)no2)CC1. The van der Waals surface area contributed by atoms with Crippen LogP contribution in [-0.4, -0.2) is 34.2 Å². The average Bonchev–Trinajstić information content (AvgIpc) is 2.69. The van der Waals surface area contributed by atoms with Crippen LogP contribution in [0, 0.1) is 5.92 Å². The number of rotatable bonds is 4. The molecule has 18 heavy (non-hydrogen) atoms. The van der Waals surface area contributed by atoms with Crippen LogP contribution in [0.4, 0.5) is 0 Å². The lowest BCUT2D eigenvalue weighted by molar-refractivity contribution is 0.0685. The normalized spacial score (nSPS) is 21.7. The summed E-state index contributed by atoms with van der Waals surface area (Å²) in [5.41, 5.74) is -0.00810. The molecule has 1 saturated heterocycles. The van der Waals surface area contributed by atoms with E-state index in [0.29, 0.717) is 12.3 Å². The maximum absolute atomic E-state index is 10.7. The Morgan fingerprint density at radius 3 is 3.06 bits per heavy atom. The van der Waals surface area contributed by atoms with E-state index >= 15 is 0 Å². The van der Waals surface area contributed by atoms with Gasteiger partial charge >= 0.3 is 5.97 Å². The highest BCUT2D eigenvalue weighted by molar-refractivity contribution is 5.85. The fraction of sp³-hybridized carbons (Fsp3) is 0.692. The second-order valence-corrected chi connectivity index (χ2v) is 4.96. The van der Waals surface area contributed by atoms with Crippen LogP contribution < -0.4 is 0 Å². The number of likely N-dealkylation sites (tertiary alicyclic amines) is 1. The van der Waals surface area contributed by atoms with E-state index in [2.05, 4.69) is 17.0 Å². The molecule has 5 heteroatoms. The lowest BCUT2D eigenvalue weighted by Crippen LogP contribution is -2.24. The largest absolute Gasteiger partial charge is 0.476 e. The zero-order chi connectivity index (χ0) is 13.0. The molecular formula is C13H20N2O3. The number of hydrogen-bond donors (Lipinski definition) is 1. The quantitative estimate of drug-likeness (QED) is 0.891. The Hall–Kier alpha value is -1.36. The molecule has 0 radical (unpaired) electrons. The highest BCUT2D eigenvalue weighted by atomic mass is 16.5. The number of hydrogen-bond acceptors (Lipinski definition) is 4. The summed E-state index contributed by atoms with van der Waals surface area (Å²) in [6, 6.07) is 1.52. The number of carboxylic acid groups (broad SMARTS) is 1. The zero-order valence-corrected chi connectivity index (χ0v) is 10.8. The van der Waals surface area contributed by atoms with Crippen LogP contribution in [0.5, 0.6) is 0 Å². The van der Waals surface area contributed by atoms with Crippen LogP contribution in [0.3, 0.4) is 0 Å². The van der Waals surface area contributed by atoms with Crippen molar-refractivity contribution in [2.45, 2.75) is 39.2 Å². The van der Waals surface area contributed by atoms with Gasteiger partial charge in [0.2, 0.25) is 0 Å². The molecule has 0 amide bonds. The summed E-state index contributed by atoms with van der Waals surface area (Å²) >= 11 is 0. The summed E-state index contributed by atoms with van der Waals surface area (Å²) in [7, 11) is 0. The predicted octanol–water partition coefficient (Wildman–Crippen LogP) is 2.38. The standard InChI is InChI=1S/C13H20N2O3/c1-2-10-4-3-6-15(7-5-10)9-11-8-12(13(16)17)14-18-11/h8,10H,2-7,9H2,1H3,(H,16,17). The molecule has 1 aliphatic rings. The molecule has 1 unspecified atom stereocenters. The Balaban J connectivity index is 1.90. The minimum atomic E-state index is -1.04. The Morgan fingerprint density at radius 1 is 1.56 bits per heavy atom. The van der Waals surface area contributed by atoms with Gasteiger partial charge in [-0.2, -0.15) is 0 Å². The number of nitrogens with zero attached hydrogens (tertiary/aromatic N) is 2. The molecule has 0 aliphatic carbocycles. The fourth-order valence-corrected chi connectivity index (χ4v) is 2.50. The molecule has 0 saturated carbocycles. The summed E-state index contributed by atoms with van der Waals surface area (Å²) in [5.74, 6) is 0.438. The van der Waals surface area contributed by atoms with Crippen LogP contribution in [0.2, 0.25) is 0 Å². The monoisotopic (exact) mass is 252 g/mol. The smallest absolute Gasteiger partial charge is 0.358 e. The first-order valence-electron chi connectivity index (χ1n) is 6.60. The number of carboxylic acids is 1. The van der Waals surface area contributed by atoms with Gasteiger partial charge in [-0.15, -0.1) is 0 Å². The van der Waals surface area contributed by atoms with Gasteiger partial charge in [0, 0.05) is 6.07 Å². The molecule has 1 fully saturated rings. The molecule has 1 aromatic heterocycles. The summed E-state index contributed by atoms with van der Waals surface area (Å²) in [5, 5.41) is 12.3. The van der Waals surface area contributed by atoms with E-state index in [-0.39, 0.29) is 5.69 Å². The van der Waals surface area contributed by atoms with Gasteiger partial charge in [0.1, 0.15) is 0 Å². The van der Waals surface area contributed by atoms with Crippen molar-refractivity contribution in [1.82, 2.24) is 10.1 Å². The predicted molar refractivity (Wildman–Crippen MR) is 66.4 cm³/mol. The Morgan fingerprint density at radius 2 is 2.39 bits per heavy atom. The second-order valence-electron chi connectivity index (χ2n) is 4.96. The highest BCUT2D eigenvalue weighted by Gasteiger charge is 2.18. The molecule has 2 heterocycles. The highest BCUT2D eigenvalue weighted by Crippen LogP contribution is 2.21. The van der Waals surface area contributed by atoms with E-state index < -0.39 is 5.97 Å². The van der Waals surface area contributed by atoms with Gasteiger partial charge in [-0.3, -0.25) is 4.90 Å². The van der Waals surface area contributed by atoms with Crippen molar-refractivity contribution in [1.29, 1.82) is 0 Å². The lowest BCUT2D eigenvalue weighted by Gasteiger charge is -2.17. The molecule has 100 valence electrons. The molecule has 0 spiro atoms. The molecule has 0 aromatic carbocycles. The van der Waals surface area contributed by atoms with Crippen molar-refractivity contribution in [3.8, 4) is 0 Å². The van der Waals surface area contributed by atoms with Crippen LogP contribution >= 0.6 is 0 Å². The number of aromatic carboxylic acids is 1. The van der Waals surface area contributed by atoms with Crippen LogP contribution in [0.15, 0.2) is 10.6 Å². The van der Waals surface area contributed by atoms with E-state index in [1.807, 2.05) is 0 Å². The van der Waals surface area contributed by atoms with Gasteiger partial charge in [0.05, 0.1) is 6.54 Å². The van der Waals surface area contributed by atoms with Crippen LogP contribution in [-0.2, 0) is 6.54 Å². The topological polar surface area (TPSA) is 66.6 Å². The van der Waals surface area contributed by atoms with Crippen molar-refractivity contribution in [2.75, 3.05) is 13.1 Å². The third kappa shape index (κ3) is 3.32. The Bertz CT molecular complexity index is 403. The summed E-state index contributed by atoms with van der Waals surface area (Å²) in [6.07, 6.45) is 4.97. The second kappa shape index (κ2) is 6.00. The molecule has 0 bridgehead atoms. The van der Waals surface area contributed by atoms with Crippen molar-refractivity contribution in [2.24, 2.45) is 5.92 Å².